The Morgan fingerprint density at radius 3 is 2.58 bits per heavy atom. The molecule has 166 valence electrons. The number of ether oxygens (including phenoxy) is 2. The van der Waals surface area contributed by atoms with E-state index in [-0.39, 0.29) is 11.9 Å². The first-order valence-corrected chi connectivity index (χ1v) is 11.2. The van der Waals surface area contributed by atoms with Gasteiger partial charge in [0, 0.05) is 38.3 Å². The number of amides is 1. The molecule has 1 unspecified atom stereocenters. The van der Waals surface area contributed by atoms with Crippen LogP contribution in [0.15, 0.2) is 42.5 Å². The van der Waals surface area contributed by atoms with Gasteiger partial charge < -0.3 is 14.8 Å². The lowest BCUT2D eigenvalue weighted by molar-refractivity contribution is -0.123. The highest BCUT2D eigenvalue weighted by Gasteiger charge is 2.24. The van der Waals surface area contributed by atoms with Gasteiger partial charge in [-0.05, 0) is 48.6 Å². The Hall–Kier alpha value is -2.57. The quantitative estimate of drug-likeness (QED) is 0.742. The van der Waals surface area contributed by atoms with Crippen LogP contribution in [0, 0.1) is 0 Å². The van der Waals surface area contributed by atoms with E-state index in [2.05, 4.69) is 39.4 Å². The third-order valence-corrected chi connectivity index (χ3v) is 6.42. The largest absolute Gasteiger partial charge is 0.497 e. The van der Waals surface area contributed by atoms with E-state index >= 15 is 0 Å². The van der Waals surface area contributed by atoms with Crippen molar-refractivity contribution in [2.24, 2.45) is 0 Å². The summed E-state index contributed by atoms with van der Waals surface area (Å²) >= 11 is 0. The van der Waals surface area contributed by atoms with Crippen LogP contribution in [0.1, 0.15) is 35.6 Å². The van der Waals surface area contributed by atoms with Gasteiger partial charge in [0.1, 0.15) is 11.5 Å². The predicted octanol–water partition coefficient (Wildman–Crippen LogP) is 3.02. The number of carbonyl (C=O) groups is 1. The van der Waals surface area contributed by atoms with Crippen LogP contribution < -0.4 is 14.8 Å². The van der Waals surface area contributed by atoms with E-state index in [1.54, 1.807) is 14.2 Å². The van der Waals surface area contributed by atoms with Crippen LogP contribution in [0.5, 0.6) is 11.5 Å². The van der Waals surface area contributed by atoms with Crippen molar-refractivity contribution in [3.05, 3.63) is 59.2 Å². The minimum absolute atomic E-state index is 0.129. The lowest BCUT2D eigenvalue weighted by Crippen LogP contribution is -2.49. The monoisotopic (exact) mass is 423 g/mol. The zero-order valence-corrected chi connectivity index (χ0v) is 18.6. The number of nitrogens with one attached hydrogen (secondary N) is 1. The van der Waals surface area contributed by atoms with Crippen molar-refractivity contribution in [1.82, 2.24) is 15.1 Å². The molecule has 0 bridgehead atoms. The Labute approximate surface area is 185 Å². The number of methoxy groups -OCH3 is 2. The minimum atomic E-state index is 0.129. The summed E-state index contributed by atoms with van der Waals surface area (Å²) in [4.78, 5) is 17.4. The van der Waals surface area contributed by atoms with Gasteiger partial charge in [-0.15, -0.1) is 0 Å². The molecule has 1 saturated heterocycles. The highest BCUT2D eigenvalue weighted by molar-refractivity contribution is 5.78. The molecular weight excluding hydrogens is 390 g/mol. The molecule has 0 aromatic heterocycles. The van der Waals surface area contributed by atoms with E-state index in [1.807, 2.05) is 18.2 Å². The Kier molecular flexibility index (Phi) is 7.10. The first-order valence-electron chi connectivity index (χ1n) is 11.2. The van der Waals surface area contributed by atoms with Crippen molar-refractivity contribution < 1.29 is 14.3 Å². The van der Waals surface area contributed by atoms with Gasteiger partial charge >= 0.3 is 0 Å². The number of piperazine rings is 1. The van der Waals surface area contributed by atoms with Crippen LogP contribution in [0.25, 0.3) is 0 Å². The maximum atomic E-state index is 12.7. The number of fused-ring (bicyclic) bond motifs is 1. The summed E-state index contributed by atoms with van der Waals surface area (Å²) in [6.45, 7) is 4.93. The average molecular weight is 424 g/mol. The Balaban J connectivity index is 1.27. The molecule has 1 aliphatic heterocycles. The van der Waals surface area contributed by atoms with Gasteiger partial charge in [-0.2, -0.15) is 0 Å². The van der Waals surface area contributed by atoms with Crippen molar-refractivity contribution in [2.45, 2.75) is 31.8 Å². The molecule has 1 N–H and O–H groups in total. The number of carbonyl (C=O) groups excluding carboxylic acids is 1. The summed E-state index contributed by atoms with van der Waals surface area (Å²) in [5.41, 5.74) is 3.80. The highest BCUT2D eigenvalue weighted by Crippen LogP contribution is 2.29. The van der Waals surface area contributed by atoms with E-state index in [4.69, 9.17) is 9.47 Å². The predicted molar refractivity (Wildman–Crippen MR) is 122 cm³/mol. The fourth-order valence-corrected chi connectivity index (χ4v) is 4.70. The van der Waals surface area contributed by atoms with Gasteiger partial charge in [-0.3, -0.25) is 14.6 Å². The molecule has 2 aromatic carbocycles. The van der Waals surface area contributed by atoms with E-state index in [1.165, 1.54) is 11.1 Å². The molecule has 4 rings (SSSR count). The van der Waals surface area contributed by atoms with Gasteiger partial charge in [-0.25, -0.2) is 0 Å². The zero-order valence-electron chi connectivity index (χ0n) is 18.6. The number of aryl methyl sites for hydroxylation is 1. The molecule has 0 saturated carbocycles. The van der Waals surface area contributed by atoms with Gasteiger partial charge in [0.15, 0.2) is 0 Å². The minimum Gasteiger partial charge on any atom is -0.497 e. The first kappa shape index (κ1) is 21.7. The van der Waals surface area contributed by atoms with Crippen LogP contribution in [-0.2, 0) is 17.8 Å². The van der Waals surface area contributed by atoms with Gasteiger partial charge in [0.25, 0.3) is 0 Å². The van der Waals surface area contributed by atoms with Crippen LogP contribution in [0.3, 0.4) is 0 Å². The summed E-state index contributed by atoms with van der Waals surface area (Å²) in [7, 11) is 3.38. The van der Waals surface area contributed by atoms with Crippen molar-refractivity contribution in [3.63, 3.8) is 0 Å². The molecule has 0 radical (unpaired) electrons. The van der Waals surface area contributed by atoms with Crippen molar-refractivity contribution in [1.29, 1.82) is 0 Å². The third kappa shape index (κ3) is 5.38. The molecule has 6 heteroatoms. The zero-order chi connectivity index (χ0) is 21.6. The second-order valence-corrected chi connectivity index (χ2v) is 8.44. The number of hydrogen-bond acceptors (Lipinski definition) is 5. The maximum absolute atomic E-state index is 12.7. The normalized spacial score (nSPS) is 19.5. The Morgan fingerprint density at radius 1 is 1.03 bits per heavy atom. The summed E-state index contributed by atoms with van der Waals surface area (Å²) in [5, 5.41) is 3.28. The number of benzene rings is 2. The lowest BCUT2D eigenvalue weighted by atomic mass is 9.88. The Bertz CT molecular complexity index is 893. The van der Waals surface area contributed by atoms with Gasteiger partial charge in [0.2, 0.25) is 5.91 Å². The van der Waals surface area contributed by atoms with E-state index < -0.39 is 0 Å². The summed E-state index contributed by atoms with van der Waals surface area (Å²) < 4.78 is 10.9. The summed E-state index contributed by atoms with van der Waals surface area (Å²) in [6.07, 6.45) is 3.27. The van der Waals surface area contributed by atoms with Crippen LogP contribution in [0.2, 0.25) is 0 Å². The standard InChI is InChI=1S/C25H33N3O3/c1-30-21-10-11-24(31-2)20(16-21)17-27-12-14-28(15-13-27)18-25(29)26-23-9-5-7-19-6-3-4-8-22(19)23/h3-4,6,8,10-11,16,23H,5,7,9,12-15,17-18H2,1-2H3,(H,26,29). The van der Waals surface area contributed by atoms with Crippen molar-refractivity contribution in [2.75, 3.05) is 46.9 Å². The fourth-order valence-electron chi connectivity index (χ4n) is 4.70. The van der Waals surface area contributed by atoms with E-state index in [0.29, 0.717) is 6.54 Å². The Morgan fingerprint density at radius 2 is 1.81 bits per heavy atom. The SMILES string of the molecule is COc1ccc(OC)c(CN2CCN(CC(=O)NC3CCCc4ccccc43)CC2)c1. The summed E-state index contributed by atoms with van der Waals surface area (Å²) in [6, 6.07) is 14.6. The van der Waals surface area contributed by atoms with Gasteiger partial charge in [0.05, 0.1) is 26.8 Å². The van der Waals surface area contributed by atoms with Crippen molar-refractivity contribution >= 4 is 5.91 Å². The third-order valence-electron chi connectivity index (χ3n) is 6.42. The van der Waals surface area contributed by atoms with Crippen LogP contribution in [0.4, 0.5) is 0 Å². The molecule has 1 amide bonds. The van der Waals surface area contributed by atoms with E-state index in [0.717, 1.165) is 69.0 Å². The topological polar surface area (TPSA) is 54.0 Å². The molecule has 6 nitrogen and oxygen atoms in total. The smallest absolute Gasteiger partial charge is 0.234 e. The van der Waals surface area contributed by atoms with Crippen molar-refractivity contribution in [3.8, 4) is 11.5 Å². The van der Waals surface area contributed by atoms with E-state index in [9.17, 15) is 4.79 Å². The maximum Gasteiger partial charge on any atom is 0.234 e. The lowest BCUT2D eigenvalue weighted by Gasteiger charge is -2.35. The number of hydrogen-bond donors (Lipinski definition) is 1. The molecule has 1 atom stereocenters. The fraction of sp³-hybridized carbons (Fsp3) is 0.480. The molecule has 1 heterocycles. The number of rotatable bonds is 7. The number of nitrogens with zero attached hydrogens (tertiary/aromatic N) is 2. The van der Waals surface area contributed by atoms with Gasteiger partial charge in [-0.1, -0.05) is 24.3 Å². The van der Waals surface area contributed by atoms with Crippen LogP contribution >= 0.6 is 0 Å². The molecular formula is C25H33N3O3. The second kappa shape index (κ2) is 10.2. The second-order valence-electron chi connectivity index (χ2n) is 8.44. The molecule has 2 aliphatic rings. The molecule has 31 heavy (non-hydrogen) atoms. The summed E-state index contributed by atoms with van der Waals surface area (Å²) in [5.74, 6) is 1.86. The molecule has 1 aliphatic carbocycles. The average Bonchev–Trinajstić information content (AvgIpc) is 2.80. The molecule has 1 fully saturated rings. The highest BCUT2D eigenvalue weighted by atomic mass is 16.5. The first-order chi connectivity index (χ1) is 15.2. The van der Waals surface area contributed by atoms with Crippen LogP contribution in [-0.4, -0.2) is 62.7 Å². The molecule has 2 aromatic rings. The molecule has 0 spiro atoms.